The van der Waals surface area contributed by atoms with E-state index in [2.05, 4.69) is 4.98 Å². The molecule has 0 spiro atoms. The summed E-state index contributed by atoms with van der Waals surface area (Å²) in [6.07, 6.45) is 1.62. The maximum absolute atomic E-state index is 11.4. The van der Waals surface area contributed by atoms with E-state index in [1.807, 2.05) is 43.3 Å². The monoisotopic (exact) mass is 279 g/mol. The number of carboxylic acids is 1. The van der Waals surface area contributed by atoms with Gasteiger partial charge in [0.05, 0.1) is 0 Å². The second kappa shape index (κ2) is 5.25. The molecule has 104 valence electrons. The summed E-state index contributed by atoms with van der Waals surface area (Å²) in [5, 5.41) is 11.0. The zero-order valence-electron chi connectivity index (χ0n) is 11.4. The van der Waals surface area contributed by atoms with E-state index >= 15 is 0 Å². The third-order valence-electron chi connectivity index (χ3n) is 3.27. The number of pyridine rings is 1. The van der Waals surface area contributed by atoms with Crippen LogP contribution in [0.1, 0.15) is 15.9 Å². The summed E-state index contributed by atoms with van der Waals surface area (Å²) < 4.78 is 5.82. The van der Waals surface area contributed by atoms with Gasteiger partial charge in [-0.3, -0.25) is 0 Å². The zero-order valence-corrected chi connectivity index (χ0v) is 11.4. The molecule has 0 unspecified atom stereocenters. The van der Waals surface area contributed by atoms with E-state index in [0.29, 0.717) is 11.6 Å². The molecule has 0 atom stereocenters. The quantitative estimate of drug-likeness (QED) is 0.786. The minimum absolute atomic E-state index is 0.124. The van der Waals surface area contributed by atoms with Crippen LogP contribution in [0.15, 0.2) is 54.7 Å². The number of fused-ring (bicyclic) bond motifs is 1. The molecular weight excluding hydrogens is 266 g/mol. The number of hydrogen-bond donors (Lipinski definition) is 1. The minimum atomic E-state index is -1.02. The molecule has 4 nitrogen and oxygen atoms in total. The first-order valence-corrected chi connectivity index (χ1v) is 6.51. The van der Waals surface area contributed by atoms with Crippen LogP contribution >= 0.6 is 0 Å². The lowest BCUT2D eigenvalue weighted by Crippen LogP contribution is -2.02. The fraction of sp³-hybridized carbons (Fsp3) is 0.0588. The van der Waals surface area contributed by atoms with Crippen molar-refractivity contribution >= 4 is 16.7 Å². The summed E-state index contributed by atoms with van der Waals surface area (Å²) in [7, 11) is 0. The highest BCUT2D eigenvalue weighted by atomic mass is 16.5. The van der Waals surface area contributed by atoms with Crippen LogP contribution < -0.4 is 4.74 Å². The molecule has 0 aliphatic carbocycles. The van der Waals surface area contributed by atoms with Crippen LogP contribution in [0, 0.1) is 6.92 Å². The maximum Gasteiger partial charge on any atom is 0.339 e. The van der Waals surface area contributed by atoms with E-state index in [1.54, 1.807) is 18.3 Å². The largest absolute Gasteiger partial charge is 0.478 e. The molecule has 3 aromatic rings. The van der Waals surface area contributed by atoms with Gasteiger partial charge >= 0.3 is 5.97 Å². The molecule has 0 aliphatic heterocycles. The molecule has 21 heavy (non-hydrogen) atoms. The van der Waals surface area contributed by atoms with E-state index < -0.39 is 5.97 Å². The van der Waals surface area contributed by atoms with Crippen LogP contribution in [0.2, 0.25) is 0 Å². The highest BCUT2D eigenvalue weighted by molar-refractivity contribution is 6.00. The second-order valence-corrected chi connectivity index (χ2v) is 4.70. The van der Waals surface area contributed by atoms with Crippen molar-refractivity contribution in [1.82, 2.24) is 4.98 Å². The Hall–Kier alpha value is -2.88. The second-order valence-electron chi connectivity index (χ2n) is 4.70. The number of carboxylic acid groups (broad SMARTS) is 1. The topological polar surface area (TPSA) is 59.4 Å². The van der Waals surface area contributed by atoms with Crippen LogP contribution in [-0.2, 0) is 0 Å². The highest BCUT2D eigenvalue weighted by Gasteiger charge is 2.16. The summed E-state index contributed by atoms with van der Waals surface area (Å²) >= 11 is 0. The van der Waals surface area contributed by atoms with Gasteiger partial charge in [-0.05, 0) is 24.4 Å². The molecule has 1 heterocycles. The van der Waals surface area contributed by atoms with Crippen molar-refractivity contribution < 1.29 is 14.6 Å². The number of rotatable bonds is 3. The summed E-state index contributed by atoms with van der Waals surface area (Å²) in [4.78, 5) is 15.6. The van der Waals surface area contributed by atoms with E-state index in [4.69, 9.17) is 4.74 Å². The van der Waals surface area contributed by atoms with Crippen molar-refractivity contribution in [3.05, 3.63) is 65.9 Å². The Labute approximate surface area is 121 Å². The van der Waals surface area contributed by atoms with Gasteiger partial charge < -0.3 is 9.84 Å². The molecular formula is C17H13NO3. The third kappa shape index (κ3) is 2.43. The lowest BCUT2D eigenvalue weighted by molar-refractivity contribution is 0.0694. The van der Waals surface area contributed by atoms with Gasteiger partial charge in [-0.2, -0.15) is 0 Å². The molecule has 0 aliphatic rings. The van der Waals surface area contributed by atoms with Crippen molar-refractivity contribution in [3.63, 3.8) is 0 Å². The van der Waals surface area contributed by atoms with Gasteiger partial charge in [-0.1, -0.05) is 36.4 Å². The van der Waals surface area contributed by atoms with E-state index in [0.717, 1.165) is 16.3 Å². The van der Waals surface area contributed by atoms with Crippen LogP contribution in [-0.4, -0.2) is 16.1 Å². The lowest BCUT2D eigenvalue weighted by atomic mass is 10.1. The van der Waals surface area contributed by atoms with Crippen LogP contribution in [0.4, 0.5) is 0 Å². The maximum atomic E-state index is 11.4. The van der Waals surface area contributed by atoms with Gasteiger partial charge in [0.2, 0.25) is 5.88 Å². The van der Waals surface area contributed by atoms with Crippen molar-refractivity contribution in [2.45, 2.75) is 6.92 Å². The minimum Gasteiger partial charge on any atom is -0.478 e. The normalized spacial score (nSPS) is 10.5. The molecule has 0 radical (unpaired) electrons. The number of aromatic carboxylic acids is 1. The Kier molecular flexibility index (Phi) is 3.28. The number of hydrogen-bond acceptors (Lipinski definition) is 3. The molecule has 1 N–H and O–H groups in total. The molecule has 0 amide bonds. The van der Waals surface area contributed by atoms with Crippen molar-refractivity contribution in [3.8, 4) is 11.6 Å². The number of ether oxygens (including phenoxy) is 1. The standard InChI is InChI=1S/C17H13NO3/c1-11-5-4-10-18-16(11)21-15-13-7-3-2-6-12(13)8-9-14(15)17(19)20/h2-10H,1H3,(H,19,20). The van der Waals surface area contributed by atoms with E-state index in [-0.39, 0.29) is 5.56 Å². The summed E-state index contributed by atoms with van der Waals surface area (Å²) in [5.41, 5.74) is 0.973. The molecule has 3 rings (SSSR count). The van der Waals surface area contributed by atoms with E-state index in [9.17, 15) is 9.90 Å². The smallest absolute Gasteiger partial charge is 0.339 e. The van der Waals surface area contributed by atoms with Gasteiger partial charge in [0.1, 0.15) is 5.56 Å². The average molecular weight is 279 g/mol. The van der Waals surface area contributed by atoms with E-state index in [1.165, 1.54) is 0 Å². The molecule has 2 aromatic carbocycles. The van der Waals surface area contributed by atoms with Gasteiger partial charge in [-0.25, -0.2) is 9.78 Å². The van der Waals surface area contributed by atoms with Gasteiger partial charge in [0.25, 0.3) is 0 Å². The number of aromatic nitrogens is 1. The summed E-state index contributed by atoms with van der Waals surface area (Å²) in [6.45, 7) is 1.87. The molecule has 0 fully saturated rings. The number of carbonyl (C=O) groups is 1. The molecule has 1 aromatic heterocycles. The highest BCUT2D eigenvalue weighted by Crippen LogP contribution is 2.33. The van der Waals surface area contributed by atoms with Crippen LogP contribution in [0.5, 0.6) is 11.6 Å². The fourth-order valence-corrected chi connectivity index (χ4v) is 2.20. The number of nitrogens with zero attached hydrogens (tertiary/aromatic N) is 1. The van der Waals surface area contributed by atoms with Crippen LogP contribution in [0.25, 0.3) is 10.8 Å². The molecule has 0 saturated carbocycles. The zero-order chi connectivity index (χ0) is 14.8. The Bertz CT molecular complexity index is 827. The summed E-state index contributed by atoms with van der Waals surface area (Å²) in [5.74, 6) is -0.289. The molecule has 0 bridgehead atoms. The van der Waals surface area contributed by atoms with Crippen LogP contribution in [0.3, 0.4) is 0 Å². The Morgan fingerprint density at radius 2 is 1.90 bits per heavy atom. The number of aryl methyl sites for hydroxylation is 1. The Balaban J connectivity index is 2.21. The summed E-state index contributed by atoms with van der Waals surface area (Å²) in [6, 6.07) is 14.5. The van der Waals surface area contributed by atoms with Gasteiger partial charge in [-0.15, -0.1) is 0 Å². The molecule has 0 saturated heterocycles. The lowest BCUT2D eigenvalue weighted by Gasteiger charge is -2.12. The van der Waals surface area contributed by atoms with Crippen molar-refractivity contribution in [1.29, 1.82) is 0 Å². The first kappa shape index (κ1) is 13.1. The average Bonchev–Trinajstić information content (AvgIpc) is 2.49. The van der Waals surface area contributed by atoms with Crippen molar-refractivity contribution in [2.24, 2.45) is 0 Å². The fourth-order valence-electron chi connectivity index (χ4n) is 2.20. The predicted molar refractivity (Wildman–Crippen MR) is 80.0 cm³/mol. The van der Waals surface area contributed by atoms with Gasteiger partial charge in [0, 0.05) is 17.1 Å². The first-order chi connectivity index (χ1) is 10.2. The van der Waals surface area contributed by atoms with Gasteiger partial charge in [0.15, 0.2) is 5.75 Å². The molecule has 4 heteroatoms. The number of benzene rings is 2. The van der Waals surface area contributed by atoms with Crippen molar-refractivity contribution in [2.75, 3.05) is 0 Å². The Morgan fingerprint density at radius 3 is 2.67 bits per heavy atom. The predicted octanol–water partition coefficient (Wildman–Crippen LogP) is 4.03. The Morgan fingerprint density at radius 1 is 1.10 bits per heavy atom. The first-order valence-electron chi connectivity index (χ1n) is 6.51. The SMILES string of the molecule is Cc1cccnc1Oc1c(C(=O)O)ccc2ccccc12. The third-order valence-corrected chi connectivity index (χ3v) is 3.27.